The van der Waals surface area contributed by atoms with E-state index in [1.165, 1.54) is 0 Å². The molecule has 1 heterocycles. The van der Waals surface area contributed by atoms with Crippen LogP contribution in [0.15, 0.2) is 83.3 Å². The maximum Gasteiger partial charge on any atom is 0.230 e. The summed E-state index contributed by atoms with van der Waals surface area (Å²) in [5.74, 6) is 0.276. The van der Waals surface area contributed by atoms with Crippen molar-refractivity contribution in [1.82, 2.24) is 10.3 Å². The number of halogens is 2. The van der Waals surface area contributed by atoms with E-state index in [2.05, 4.69) is 15.6 Å². The van der Waals surface area contributed by atoms with Crippen molar-refractivity contribution in [3.8, 4) is 11.5 Å². The van der Waals surface area contributed by atoms with Gasteiger partial charge in [0.15, 0.2) is 10.7 Å². The second-order valence-corrected chi connectivity index (χ2v) is 8.90. The average Bonchev–Trinajstić information content (AvgIpc) is 3.23. The number of hydrogen-bond donors (Lipinski definition) is 2. The molecule has 8 heteroatoms. The van der Waals surface area contributed by atoms with Gasteiger partial charge in [-0.15, -0.1) is 0 Å². The Morgan fingerprint density at radius 2 is 1.71 bits per heavy atom. The Morgan fingerprint density at radius 3 is 2.53 bits per heavy atom. The molecule has 5 aromatic rings. The summed E-state index contributed by atoms with van der Waals surface area (Å²) < 4.78 is 6.01. The minimum absolute atomic E-state index is 0.194. The van der Waals surface area contributed by atoms with Crippen molar-refractivity contribution in [2.24, 2.45) is 0 Å². The summed E-state index contributed by atoms with van der Waals surface area (Å²) in [6, 6.07) is 24.1. The van der Waals surface area contributed by atoms with Crippen molar-refractivity contribution in [3.63, 3.8) is 0 Å². The van der Waals surface area contributed by atoms with Crippen LogP contribution in [0.25, 0.3) is 33.3 Å². The fourth-order valence-corrected chi connectivity index (χ4v) is 4.29. The predicted molar refractivity (Wildman–Crippen MR) is 141 cm³/mol. The normalized spacial score (nSPS) is 11.0. The number of amides is 1. The second kappa shape index (κ2) is 9.43. The smallest absolute Gasteiger partial charge is 0.230 e. The molecular weight excluding hydrogens is 489 g/mol. The third-order valence-corrected chi connectivity index (χ3v) is 6.06. The summed E-state index contributed by atoms with van der Waals surface area (Å²) in [6.07, 6.45) is 0.194. The Labute approximate surface area is 210 Å². The van der Waals surface area contributed by atoms with E-state index in [-0.39, 0.29) is 17.4 Å². The number of nitrogens with zero attached hydrogens (tertiary/aromatic N) is 1. The van der Waals surface area contributed by atoms with Gasteiger partial charge in [-0.05, 0) is 65.6 Å². The Morgan fingerprint density at radius 1 is 0.941 bits per heavy atom. The van der Waals surface area contributed by atoms with Crippen molar-refractivity contribution in [2.45, 2.75) is 6.42 Å². The van der Waals surface area contributed by atoms with Gasteiger partial charge in [0.25, 0.3) is 0 Å². The van der Waals surface area contributed by atoms with Crippen LogP contribution in [0.1, 0.15) is 5.56 Å². The number of rotatable bonds is 4. The number of carbonyl (C=O) groups excluding carboxylic acids is 1. The molecule has 5 nitrogen and oxygen atoms in total. The maximum absolute atomic E-state index is 12.3. The highest BCUT2D eigenvalue weighted by Crippen LogP contribution is 2.33. The Kier molecular flexibility index (Phi) is 6.20. The topological polar surface area (TPSA) is 67.2 Å². The Hall–Kier alpha value is -3.45. The fourth-order valence-electron chi connectivity index (χ4n) is 3.70. The molecule has 1 amide bonds. The molecule has 0 unspecified atom stereocenters. The van der Waals surface area contributed by atoms with Gasteiger partial charge in [0.1, 0.15) is 5.52 Å². The van der Waals surface area contributed by atoms with E-state index in [4.69, 9.17) is 39.8 Å². The zero-order chi connectivity index (χ0) is 23.7. The van der Waals surface area contributed by atoms with Crippen molar-refractivity contribution < 1.29 is 9.21 Å². The lowest BCUT2D eigenvalue weighted by atomic mass is 10.0. The molecule has 0 fully saturated rings. The number of hydrogen-bond acceptors (Lipinski definition) is 4. The van der Waals surface area contributed by atoms with E-state index in [9.17, 15) is 4.79 Å². The van der Waals surface area contributed by atoms with Crippen molar-refractivity contribution >= 4 is 74.0 Å². The first-order chi connectivity index (χ1) is 16.5. The molecule has 0 aliphatic carbocycles. The molecule has 4 aromatic carbocycles. The molecule has 0 aliphatic heterocycles. The predicted octanol–water partition coefficient (Wildman–Crippen LogP) is 7.01. The molecule has 0 bridgehead atoms. The van der Waals surface area contributed by atoms with Gasteiger partial charge in [0.05, 0.1) is 6.42 Å². The Bertz CT molecular complexity index is 1550. The number of carbonyl (C=O) groups is 1. The first-order valence-electron chi connectivity index (χ1n) is 10.4. The lowest BCUT2D eigenvalue weighted by molar-refractivity contribution is -0.119. The molecule has 0 radical (unpaired) electrons. The quantitative estimate of drug-likeness (QED) is 0.257. The number of nitrogens with one attached hydrogen (secondary N) is 2. The maximum atomic E-state index is 12.3. The van der Waals surface area contributed by atoms with Crippen LogP contribution in [0.4, 0.5) is 5.69 Å². The minimum atomic E-state index is -0.223. The third kappa shape index (κ3) is 4.75. The second-order valence-electron chi connectivity index (χ2n) is 7.65. The van der Waals surface area contributed by atoms with Gasteiger partial charge in [-0.3, -0.25) is 4.79 Å². The number of anilines is 1. The highest BCUT2D eigenvalue weighted by atomic mass is 35.5. The summed E-state index contributed by atoms with van der Waals surface area (Å²) >= 11 is 17.5. The van der Waals surface area contributed by atoms with Crippen LogP contribution in [0.5, 0.6) is 0 Å². The van der Waals surface area contributed by atoms with Crippen LogP contribution in [0.3, 0.4) is 0 Å². The largest absolute Gasteiger partial charge is 0.436 e. The van der Waals surface area contributed by atoms with Gasteiger partial charge >= 0.3 is 0 Å². The van der Waals surface area contributed by atoms with E-state index in [1.807, 2.05) is 54.6 Å². The van der Waals surface area contributed by atoms with Gasteiger partial charge in [0, 0.05) is 26.7 Å². The first-order valence-corrected chi connectivity index (χ1v) is 11.6. The number of benzene rings is 4. The standard InChI is InChI=1S/C26H17Cl2N3O2S/c27-16-9-7-15(8-10-16)13-24(32)31-26(34)29-17-11-12-23-22(14-17)30-25(33-23)20-5-1-4-19-18(20)3-2-6-21(19)28/h1-12,14H,13H2,(H2,29,31,32,34). The van der Waals surface area contributed by atoms with E-state index in [1.54, 1.807) is 24.3 Å². The van der Waals surface area contributed by atoms with Crippen LogP contribution in [-0.2, 0) is 11.2 Å². The number of oxazole rings is 1. The molecule has 5 rings (SSSR count). The zero-order valence-corrected chi connectivity index (χ0v) is 20.0. The van der Waals surface area contributed by atoms with Gasteiger partial charge in [-0.1, -0.05) is 59.6 Å². The summed E-state index contributed by atoms with van der Waals surface area (Å²) in [4.78, 5) is 17.0. The monoisotopic (exact) mass is 505 g/mol. The Balaban J connectivity index is 1.32. The molecule has 0 saturated carbocycles. The summed E-state index contributed by atoms with van der Waals surface area (Å²) in [7, 11) is 0. The lowest BCUT2D eigenvalue weighted by Gasteiger charge is -2.09. The van der Waals surface area contributed by atoms with Crippen LogP contribution in [-0.4, -0.2) is 16.0 Å². The fraction of sp³-hybridized carbons (Fsp3) is 0.0385. The molecule has 1 aromatic heterocycles. The van der Waals surface area contributed by atoms with Crippen LogP contribution in [0.2, 0.25) is 10.0 Å². The van der Waals surface area contributed by atoms with Gasteiger partial charge in [-0.25, -0.2) is 4.98 Å². The van der Waals surface area contributed by atoms with E-state index < -0.39 is 0 Å². The molecule has 0 saturated heterocycles. The van der Waals surface area contributed by atoms with Crippen LogP contribution < -0.4 is 10.6 Å². The molecule has 0 atom stereocenters. The average molecular weight is 506 g/mol. The van der Waals surface area contributed by atoms with Crippen LogP contribution >= 0.6 is 35.4 Å². The summed E-state index contributed by atoms with van der Waals surface area (Å²) in [5.41, 5.74) is 3.68. The summed E-state index contributed by atoms with van der Waals surface area (Å²) in [6.45, 7) is 0. The van der Waals surface area contributed by atoms with E-state index >= 15 is 0 Å². The third-order valence-electron chi connectivity index (χ3n) is 5.28. The van der Waals surface area contributed by atoms with E-state index in [0.29, 0.717) is 32.7 Å². The number of thiocarbonyl (C=S) groups is 1. The first kappa shape index (κ1) is 22.3. The van der Waals surface area contributed by atoms with Gasteiger partial charge < -0.3 is 15.1 Å². The van der Waals surface area contributed by atoms with Crippen molar-refractivity contribution in [3.05, 3.63) is 94.5 Å². The molecule has 2 N–H and O–H groups in total. The minimum Gasteiger partial charge on any atom is -0.436 e. The zero-order valence-electron chi connectivity index (χ0n) is 17.6. The highest BCUT2D eigenvalue weighted by Gasteiger charge is 2.13. The lowest BCUT2D eigenvalue weighted by Crippen LogP contribution is -2.35. The molecule has 34 heavy (non-hydrogen) atoms. The van der Waals surface area contributed by atoms with Crippen LogP contribution in [0, 0.1) is 0 Å². The molecular formula is C26H17Cl2N3O2S. The SMILES string of the molecule is O=C(Cc1ccc(Cl)cc1)NC(=S)Nc1ccc2oc(-c3cccc4c(Cl)cccc34)nc2c1. The highest BCUT2D eigenvalue weighted by molar-refractivity contribution is 7.80. The van der Waals surface area contributed by atoms with E-state index in [0.717, 1.165) is 21.9 Å². The van der Waals surface area contributed by atoms with Gasteiger partial charge in [0.2, 0.25) is 11.8 Å². The summed E-state index contributed by atoms with van der Waals surface area (Å²) in [5, 5.41) is 9.11. The van der Waals surface area contributed by atoms with Gasteiger partial charge in [-0.2, -0.15) is 0 Å². The molecule has 168 valence electrons. The van der Waals surface area contributed by atoms with Crippen molar-refractivity contribution in [2.75, 3.05) is 5.32 Å². The number of fused-ring (bicyclic) bond motifs is 2. The number of aromatic nitrogens is 1. The van der Waals surface area contributed by atoms with Crippen molar-refractivity contribution in [1.29, 1.82) is 0 Å². The molecule has 0 spiro atoms. The molecule has 0 aliphatic rings.